The fourth-order valence-corrected chi connectivity index (χ4v) is 2.79. The van der Waals surface area contributed by atoms with Gasteiger partial charge in [-0.2, -0.15) is 0 Å². The van der Waals surface area contributed by atoms with Crippen molar-refractivity contribution in [2.45, 2.75) is 76.5 Å². The van der Waals surface area contributed by atoms with Crippen LogP contribution in [0.1, 0.15) is 51.9 Å². The molecule has 1 rings (SSSR count). The van der Waals surface area contributed by atoms with Gasteiger partial charge < -0.3 is 25.2 Å². The van der Waals surface area contributed by atoms with Crippen molar-refractivity contribution in [2.75, 3.05) is 0 Å². The molecule has 0 aromatic carbocycles. The lowest BCUT2D eigenvalue weighted by molar-refractivity contribution is -0.199. The quantitative estimate of drug-likeness (QED) is 0.357. The Hall–Kier alpha value is -1.21. The van der Waals surface area contributed by atoms with Gasteiger partial charge in [0.1, 0.15) is 0 Å². The minimum Gasteiger partial charge on any atom is -0.481 e. The molecule has 6 heteroatoms. The number of ether oxygens (including phenoxy) is 1. The van der Waals surface area contributed by atoms with E-state index in [1.807, 2.05) is 0 Å². The Bertz CT molecular complexity index is 420. The standard InChI is InChI=1S/C18H30O6/c1-2-3-4-7-13(19)10-11-16-14(8-5-6-9-17(21)22)15(20)12-18(23)24-16/h5-6,10-11,13-16,18-20,23H,2-4,7-9,12H2,1H3,(H,21,22)/b6-5?,11-10+/t13-,14?,15-,16+,18+/m0/s1. The van der Waals surface area contributed by atoms with Crippen LogP contribution in [-0.4, -0.2) is 51.0 Å². The third kappa shape index (κ3) is 8.06. The Morgan fingerprint density at radius 1 is 1.29 bits per heavy atom. The van der Waals surface area contributed by atoms with E-state index in [4.69, 9.17) is 9.84 Å². The molecule has 0 saturated carbocycles. The van der Waals surface area contributed by atoms with Crippen LogP contribution in [0.4, 0.5) is 0 Å². The van der Waals surface area contributed by atoms with Gasteiger partial charge in [-0.15, -0.1) is 0 Å². The van der Waals surface area contributed by atoms with E-state index in [1.165, 1.54) is 0 Å². The molecule has 0 spiro atoms. The number of unbranched alkanes of at least 4 members (excludes halogenated alkanes) is 2. The van der Waals surface area contributed by atoms with Gasteiger partial charge in [0.15, 0.2) is 6.29 Å². The van der Waals surface area contributed by atoms with Gasteiger partial charge in [-0.1, -0.05) is 50.5 Å². The van der Waals surface area contributed by atoms with Gasteiger partial charge in [-0.3, -0.25) is 4.79 Å². The van der Waals surface area contributed by atoms with Crippen molar-refractivity contribution >= 4 is 5.97 Å². The number of carboxylic acid groups (broad SMARTS) is 1. The second-order valence-electron chi connectivity index (χ2n) is 6.28. The lowest BCUT2D eigenvalue weighted by atomic mass is 9.87. The molecule has 4 N–H and O–H groups in total. The molecule has 0 bridgehead atoms. The summed E-state index contributed by atoms with van der Waals surface area (Å²) in [7, 11) is 0. The number of aliphatic carboxylic acids is 1. The molecule has 1 saturated heterocycles. The molecule has 1 aliphatic rings. The molecule has 0 radical (unpaired) electrons. The van der Waals surface area contributed by atoms with E-state index in [0.29, 0.717) is 12.8 Å². The highest BCUT2D eigenvalue weighted by atomic mass is 16.6. The average Bonchev–Trinajstić information content (AvgIpc) is 2.51. The number of aliphatic hydroxyl groups is 3. The van der Waals surface area contributed by atoms with E-state index in [9.17, 15) is 20.1 Å². The molecule has 1 aliphatic heterocycles. The maximum atomic E-state index is 10.5. The van der Waals surface area contributed by atoms with Crippen molar-refractivity contribution in [1.29, 1.82) is 0 Å². The zero-order valence-electron chi connectivity index (χ0n) is 14.3. The third-order valence-electron chi connectivity index (χ3n) is 4.17. The molecular formula is C18H30O6. The summed E-state index contributed by atoms with van der Waals surface area (Å²) in [4.78, 5) is 10.5. The summed E-state index contributed by atoms with van der Waals surface area (Å²) in [5.41, 5.74) is 0. The first-order chi connectivity index (χ1) is 11.4. The Kier molecular flexibility index (Phi) is 9.86. The second kappa shape index (κ2) is 11.4. The van der Waals surface area contributed by atoms with E-state index < -0.39 is 30.6 Å². The molecule has 0 amide bonds. The molecule has 5 atom stereocenters. The number of carboxylic acids is 1. The molecule has 6 nitrogen and oxygen atoms in total. The van der Waals surface area contributed by atoms with Crippen LogP contribution in [0.5, 0.6) is 0 Å². The van der Waals surface area contributed by atoms with Crippen molar-refractivity contribution in [3.63, 3.8) is 0 Å². The van der Waals surface area contributed by atoms with E-state index in [0.717, 1.165) is 19.3 Å². The van der Waals surface area contributed by atoms with Gasteiger partial charge in [0.05, 0.1) is 24.7 Å². The number of allylic oxidation sites excluding steroid dienone is 1. The van der Waals surface area contributed by atoms with Crippen molar-refractivity contribution in [3.05, 3.63) is 24.3 Å². The smallest absolute Gasteiger partial charge is 0.307 e. The van der Waals surface area contributed by atoms with E-state index in [1.54, 1.807) is 24.3 Å². The normalized spacial score (nSPS) is 29.3. The summed E-state index contributed by atoms with van der Waals surface area (Å²) in [6.45, 7) is 2.10. The lowest BCUT2D eigenvalue weighted by Gasteiger charge is -2.36. The van der Waals surface area contributed by atoms with Gasteiger partial charge >= 0.3 is 5.97 Å². The highest BCUT2D eigenvalue weighted by Crippen LogP contribution is 2.29. The van der Waals surface area contributed by atoms with Crippen molar-refractivity contribution in [2.24, 2.45) is 5.92 Å². The minimum atomic E-state index is -1.04. The first-order valence-corrected chi connectivity index (χ1v) is 8.68. The number of aliphatic hydroxyl groups excluding tert-OH is 3. The van der Waals surface area contributed by atoms with Gasteiger partial charge in [0.2, 0.25) is 0 Å². The van der Waals surface area contributed by atoms with E-state index in [-0.39, 0.29) is 18.8 Å². The maximum absolute atomic E-state index is 10.5. The number of hydrogen-bond acceptors (Lipinski definition) is 5. The second-order valence-corrected chi connectivity index (χ2v) is 6.28. The Labute approximate surface area is 143 Å². The van der Waals surface area contributed by atoms with Crippen LogP contribution in [0.3, 0.4) is 0 Å². The number of rotatable bonds is 10. The molecule has 1 fully saturated rings. The molecule has 1 heterocycles. The van der Waals surface area contributed by atoms with Gasteiger partial charge in [-0.25, -0.2) is 0 Å². The molecule has 24 heavy (non-hydrogen) atoms. The monoisotopic (exact) mass is 342 g/mol. The molecule has 1 unspecified atom stereocenters. The number of hydrogen-bond donors (Lipinski definition) is 4. The Morgan fingerprint density at radius 3 is 2.71 bits per heavy atom. The van der Waals surface area contributed by atoms with E-state index in [2.05, 4.69) is 6.92 Å². The highest BCUT2D eigenvalue weighted by Gasteiger charge is 2.35. The predicted molar refractivity (Wildman–Crippen MR) is 90.3 cm³/mol. The zero-order valence-corrected chi connectivity index (χ0v) is 14.3. The fraction of sp³-hybridized carbons (Fsp3) is 0.722. The Balaban J connectivity index is 2.60. The Morgan fingerprint density at radius 2 is 2.04 bits per heavy atom. The summed E-state index contributed by atoms with van der Waals surface area (Å²) in [6.07, 6.45) is 8.01. The summed E-state index contributed by atoms with van der Waals surface area (Å²) in [5, 5.41) is 38.4. The zero-order chi connectivity index (χ0) is 17.9. The van der Waals surface area contributed by atoms with E-state index >= 15 is 0 Å². The molecule has 0 aromatic rings. The maximum Gasteiger partial charge on any atom is 0.307 e. The lowest BCUT2D eigenvalue weighted by Crippen LogP contribution is -2.43. The van der Waals surface area contributed by atoms with Crippen molar-refractivity contribution in [3.8, 4) is 0 Å². The molecule has 0 aliphatic carbocycles. The summed E-state index contributed by atoms with van der Waals surface area (Å²) in [5.74, 6) is -1.19. The van der Waals surface area contributed by atoms with Crippen molar-refractivity contribution < 1.29 is 30.0 Å². The SMILES string of the molecule is CCCCC[C@H](O)/C=C/[C@H]1O[C@@H](O)C[C@H](O)C1CC=CCC(=O)O. The minimum absolute atomic E-state index is 0.0665. The van der Waals surface area contributed by atoms with Crippen LogP contribution in [0.15, 0.2) is 24.3 Å². The third-order valence-corrected chi connectivity index (χ3v) is 4.17. The van der Waals surface area contributed by atoms with Crippen LogP contribution in [0.2, 0.25) is 0 Å². The van der Waals surface area contributed by atoms with Gasteiger partial charge in [-0.05, 0) is 12.8 Å². The molecular weight excluding hydrogens is 312 g/mol. The fourth-order valence-electron chi connectivity index (χ4n) is 2.79. The largest absolute Gasteiger partial charge is 0.481 e. The van der Waals surface area contributed by atoms with Crippen LogP contribution < -0.4 is 0 Å². The highest BCUT2D eigenvalue weighted by molar-refractivity contribution is 5.68. The van der Waals surface area contributed by atoms with Crippen molar-refractivity contribution in [1.82, 2.24) is 0 Å². The van der Waals surface area contributed by atoms with Gasteiger partial charge in [0, 0.05) is 12.3 Å². The first kappa shape index (κ1) is 20.8. The van der Waals surface area contributed by atoms with Crippen LogP contribution in [0.25, 0.3) is 0 Å². The molecule has 0 aromatic heterocycles. The van der Waals surface area contributed by atoms with Gasteiger partial charge in [0.25, 0.3) is 0 Å². The predicted octanol–water partition coefficient (Wildman–Crippen LogP) is 1.99. The topological polar surface area (TPSA) is 107 Å². The molecule has 138 valence electrons. The number of carbonyl (C=O) groups is 1. The first-order valence-electron chi connectivity index (χ1n) is 8.68. The van der Waals surface area contributed by atoms with Crippen LogP contribution in [0, 0.1) is 5.92 Å². The summed E-state index contributed by atoms with van der Waals surface area (Å²) < 4.78 is 5.47. The summed E-state index contributed by atoms with van der Waals surface area (Å²) >= 11 is 0. The van der Waals surface area contributed by atoms with Crippen LogP contribution >= 0.6 is 0 Å². The average molecular weight is 342 g/mol. The van der Waals surface area contributed by atoms with Crippen LogP contribution in [-0.2, 0) is 9.53 Å². The summed E-state index contributed by atoms with van der Waals surface area (Å²) in [6, 6.07) is 0.